The van der Waals surface area contributed by atoms with E-state index in [9.17, 15) is 40.5 Å². The summed E-state index contributed by atoms with van der Waals surface area (Å²) in [5.41, 5.74) is -0.813. The molecule has 2 heterocycles. The Bertz CT molecular complexity index is 1170. The van der Waals surface area contributed by atoms with Crippen LogP contribution in [-0.4, -0.2) is 66.8 Å². The van der Waals surface area contributed by atoms with Crippen molar-refractivity contribution in [3.8, 4) is 28.6 Å². The molecule has 164 valence electrons. The normalized spacial score (nSPS) is 26.3. The lowest BCUT2D eigenvalue weighted by Gasteiger charge is -2.40. The molecule has 10 heteroatoms. The van der Waals surface area contributed by atoms with E-state index in [4.69, 9.17) is 9.15 Å². The Hall–Kier alpha value is -3.15. The lowest BCUT2D eigenvalue weighted by Crippen LogP contribution is -2.55. The Morgan fingerprint density at radius 1 is 0.871 bits per heavy atom. The Kier molecular flexibility index (Phi) is 5.33. The summed E-state index contributed by atoms with van der Waals surface area (Å²) in [6.07, 6.45) is -7.87. The van der Waals surface area contributed by atoms with E-state index >= 15 is 0 Å². The standard InChI is InChI=1S/C21H20O10/c22-7-14-17(27)18(28)19(29)21(31-14)16-11(25)5-10(24)15-12(26)6-13(30-20(15)16)8-1-3-9(23)4-2-8/h1-6,14,17-19,21-25,27-29H,7H2. The van der Waals surface area contributed by atoms with Gasteiger partial charge in [0, 0.05) is 17.7 Å². The van der Waals surface area contributed by atoms with E-state index < -0.39 is 54.1 Å². The maximum absolute atomic E-state index is 12.7. The van der Waals surface area contributed by atoms with Gasteiger partial charge in [-0.2, -0.15) is 0 Å². The molecule has 10 nitrogen and oxygen atoms in total. The highest BCUT2D eigenvalue weighted by Crippen LogP contribution is 2.43. The molecule has 0 spiro atoms. The van der Waals surface area contributed by atoms with Crippen LogP contribution in [0.4, 0.5) is 0 Å². The minimum absolute atomic E-state index is 0.0100. The number of rotatable bonds is 3. The minimum Gasteiger partial charge on any atom is -0.508 e. The van der Waals surface area contributed by atoms with Gasteiger partial charge < -0.3 is 44.9 Å². The van der Waals surface area contributed by atoms with Gasteiger partial charge in [-0.3, -0.25) is 4.79 Å². The van der Waals surface area contributed by atoms with E-state index in [-0.39, 0.29) is 28.0 Å². The van der Waals surface area contributed by atoms with Crippen molar-refractivity contribution in [2.75, 3.05) is 6.61 Å². The van der Waals surface area contributed by atoms with Gasteiger partial charge in [0.1, 0.15) is 58.9 Å². The molecule has 1 aromatic heterocycles. The fourth-order valence-electron chi connectivity index (χ4n) is 3.70. The summed E-state index contributed by atoms with van der Waals surface area (Å²) in [4.78, 5) is 12.7. The third-order valence-corrected chi connectivity index (χ3v) is 5.33. The molecule has 0 saturated carbocycles. The maximum Gasteiger partial charge on any atom is 0.197 e. The van der Waals surface area contributed by atoms with Crippen LogP contribution in [0.1, 0.15) is 11.7 Å². The Labute approximate surface area is 174 Å². The van der Waals surface area contributed by atoms with Gasteiger partial charge in [0.15, 0.2) is 11.0 Å². The van der Waals surface area contributed by atoms with E-state index in [1.54, 1.807) is 0 Å². The zero-order chi connectivity index (χ0) is 22.4. The van der Waals surface area contributed by atoms with Gasteiger partial charge in [0.25, 0.3) is 0 Å². The van der Waals surface area contributed by atoms with Crippen molar-refractivity contribution >= 4 is 11.0 Å². The molecule has 1 saturated heterocycles. The minimum atomic E-state index is -1.75. The van der Waals surface area contributed by atoms with Crippen LogP contribution < -0.4 is 5.43 Å². The first-order valence-corrected chi connectivity index (χ1v) is 9.35. The van der Waals surface area contributed by atoms with Crippen LogP contribution in [0.5, 0.6) is 17.2 Å². The number of aromatic hydroxyl groups is 3. The van der Waals surface area contributed by atoms with E-state index in [1.807, 2.05) is 0 Å². The summed E-state index contributed by atoms with van der Waals surface area (Å²) in [7, 11) is 0. The van der Waals surface area contributed by atoms with Crippen LogP contribution in [0.2, 0.25) is 0 Å². The molecule has 3 aromatic rings. The average molecular weight is 432 g/mol. The fourth-order valence-corrected chi connectivity index (χ4v) is 3.70. The molecule has 5 unspecified atom stereocenters. The molecule has 4 rings (SSSR count). The van der Waals surface area contributed by atoms with Gasteiger partial charge in [-0.05, 0) is 24.3 Å². The van der Waals surface area contributed by atoms with Gasteiger partial charge in [-0.25, -0.2) is 0 Å². The predicted molar refractivity (Wildman–Crippen MR) is 106 cm³/mol. The summed E-state index contributed by atoms with van der Waals surface area (Å²) in [5.74, 6) is -1.15. The quantitative estimate of drug-likeness (QED) is 0.300. The molecule has 2 aromatic carbocycles. The second-order valence-electron chi connectivity index (χ2n) is 7.30. The van der Waals surface area contributed by atoms with Crippen molar-refractivity contribution in [2.24, 2.45) is 0 Å². The first kappa shape index (κ1) is 21.1. The molecule has 0 bridgehead atoms. The number of hydrogen-bond donors (Lipinski definition) is 7. The molecule has 0 aliphatic carbocycles. The molecule has 1 fully saturated rings. The highest BCUT2D eigenvalue weighted by atomic mass is 16.5. The summed E-state index contributed by atoms with van der Waals surface area (Å²) in [5, 5.41) is 70.0. The lowest BCUT2D eigenvalue weighted by atomic mass is 9.89. The number of fused-ring (bicyclic) bond motifs is 1. The second-order valence-corrected chi connectivity index (χ2v) is 7.30. The largest absolute Gasteiger partial charge is 0.508 e. The van der Waals surface area contributed by atoms with Crippen LogP contribution in [0.15, 0.2) is 45.6 Å². The molecule has 0 amide bonds. The smallest absolute Gasteiger partial charge is 0.197 e. The average Bonchev–Trinajstić information content (AvgIpc) is 2.73. The number of aliphatic hydroxyl groups is 4. The van der Waals surface area contributed by atoms with E-state index in [0.717, 1.165) is 12.1 Å². The number of phenolic OH excluding ortho intramolecular Hbond substituents is 3. The molecule has 5 atom stereocenters. The van der Waals surface area contributed by atoms with Gasteiger partial charge >= 0.3 is 0 Å². The molecule has 1 aliphatic heterocycles. The van der Waals surface area contributed by atoms with Crippen LogP contribution in [0.3, 0.4) is 0 Å². The maximum atomic E-state index is 12.7. The van der Waals surface area contributed by atoms with E-state index in [2.05, 4.69) is 0 Å². The number of ether oxygens (including phenoxy) is 1. The zero-order valence-electron chi connectivity index (χ0n) is 15.9. The van der Waals surface area contributed by atoms with Crippen LogP contribution >= 0.6 is 0 Å². The lowest BCUT2D eigenvalue weighted by molar-refractivity contribution is -0.231. The van der Waals surface area contributed by atoms with Crippen LogP contribution in [0, 0.1) is 0 Å². The SMILES string of the molecule is O=c1cc(-c2ccc(O)cc2)oc2c(C3OC(CO)C(O)C(O)C3O)c(O)cc(O)c12. The molecule has 31 heavy (non-hydrogen) atoms. The summed E-state index contributed by atoms with van der Waals surface area (Å²) >= 11 is 0. The number of hydrogen-bond acceptors (Lipinski definition) is 10. The van der Waals surface area contributed by atoms with Gasteiger partial charge in [-0.15, -0.1) is 0 Å². The molecule has 7 N–H and O–H groups in total. The Morgan fingerprint density at radius 2 is 1.55 bits per heavy atom. The summed E-state index contributed by atoms with van der Waals surface area (Å²) < 4.78 is 11.3. The number of aliphatic hydroxyl groups excluding tert-OH is 4. The van der Waals surface area contributed by atoms with Crippen molar-refractivity contribution in [1.82, 2.24) is 0 Å². The summed E-state index contributed by atoms with van der Waals surface area (Å²) in [6, 6.07) is 7.69. The van der Waals surface area contributed by atoms with Crippen molar-refractivity contribution in [2.45, 2.75) is 30.5 Å². The fraction of sp³-hybridized carbons (Fsp3) is 0.286. The third-order valence-electron chi connectivity index (χ3n) is 5.33. The van der Waals surface area contributed by atoms with Crippen LogP contribution in [0.25, 0.3) is 22.3 Å². The van der Waals surface area contributed by atoms with Gasteiger partial charge in [0.05, 0.1) is 12.2 Å². The second kappa shape index (κ2) is 7.84. The van der Waals surface area contributed by atoms with Gasteiger partial charge in [0.2, 0.25) is 0 Å². The van der Waals surface area contributed by atoms with E-state index in [0.29, 0.717) is 5.56 Å². The van der Waals surface area contributed by atoms with Crippen molar-refractivity contribution in [3.05, 3.63) is 52.2 Å². The predicted octanol–water partition coefficient (Wildman–Crippen LogP) is 0.0917. The molecular formula is C21H20O10. The van der Waals surface area contributed by atoms with E-state index in [1.165, 1.54) is 24.3 Å². The molecular weight excluding hydrogens is 412 g/mol. The number of benzene rings is 2. The molecule has 1 aliphatic rings. The topological polar surface area (TPSA) is 181 Å². The van der Waals surface area contributed by atoms with Crippen molar-refractivity contribution < 1.29 is 44.9 Å². The highest BCUT2D eigenvalue weighted by molar-refractivity contribution is 5.89. The first-order valence-electron chi connectivity index (χ1n) is 9.35. The number of phenols is 3. The Balaban J connectivity index is 1.96. The van der Waals surface area contributed by atoms with Crippen molar-refractivity contribution in [1.29, 1.82) is 0 Å². The van der Waals surface area contributed by atoms with Crippen molar-refractivity contribution in [3.63, 3.8) is 0 Å². The highest BCUT2D eigenvalue weighted by Gasteiger charge is 2.46. The van der Waals surface area contributed by atoms with Crippen LogP contribution in [-0.2, 0) is 4.74 Å². The first-order chi connectivity index (χ1) is 14.7. The molecule has 0 radical (unpaired) electrons. The zero-order valence-corrected chi connectivity index (χ0v) is 15.9. The van der Waals surface area contributed by atoms with Gasteiger partial charge in [-0.1, -0.05) is 0 Å². The third kappa shape index (κ3) is 3.50. The monoisotopic (exact) mass is 432 g/mol. The summed E-state index contributed by atoms with van der Waals surface area (Å²) in [6.45, 7) is -0.694. The Morgan fingerprint density at radius 3 is 2.19 bits per heavy atom.